The molecule has 0 bridgehead atoms. The van der Waals surface area contributed by atoms with Gasteiger partial charge in [0.05, 0.1) is 20.1 Å². The molecule has 0 aliphatic carbocycles. The van der Waals surface area contributed by atoms with Crippen molar-refractivity contribution < 1.29 is 19.1 Å². The molecule has 1 heterocycles. The maximum Gasteiger partial charge on any atom is 0.410 e. The molecule has 2 rings (SSSR count). The Bertz CT molecular complexity index is 655. The first kappa shape index (κ1) is 19.4. The van der Waals surface area contributed by atoms with Crippen LogP contribution < -0.4 is 5.73 Å². The Kier molecular flexibility index (Phi) is 6.21. The average Bonchev–Trinajstić information content (AvgIpc) is 2.55. The third-order valence-electron chi connectivity index (χ3n) is 3.85. The van der Waals surface area contributed by atoms with Crippen molar-refractivity contribution in [1.82, 2.24) is 4.90 Å². The molecule has 1 aromatic rings. The molecular formula is C18H26N2O4S. The number of nitrogen functional groups attached to an aromatic ring is 1. The number of hydrogen-bond donors (Lipinski definition) is 1. The smallest absolute Gasteiger partial charge is 0.410 e. The van der Waals surface area contributed by atoms with Crippen LogP contribution >= 0.6 is 11.8 Å². The normalized spacial score (nSPS) is 14.0. The van der Waals surface area contributed by atoms with E-state index in [0.29, 0.717) is 31.0 Å². The fourth-order valence-electron chi connectivity index (χ4n) is 2.63. The minimum absolute atomic E-state index is 0.215. The van der Waals surface area contributed by atoms with Crippen LogP contribution in [0.3, 0.4) is 0 Å². The number of amides is 1. The van der Waals surface area contributed by atoms with E-state index < -0.39 is 5.60 Å². The molecule has 6 nitrogen and oxygen atoms in total. The van der Waals surface area contributed by atoms with E-state index in [4.69, 9.17) is 10.5 Å². The number of hydrogen-bond acceptors (Lipinski definition) is 6. The van der Waals surface area contributed by atoms with Gasteiger partial charge in [-0.2, -0.15) is 0 Å². The minimum Gasteiger partial charge on any atom is -0.469 e. The van der Waals surface area contributed by atoms with Crippen LogP contribution in [0.2, 0.25) is 0 Å². The predicted molar refractivity (Wildman–Crippen MR) is 98.6 cm³/mol. The van der Waals surface area contributed by atoms with E-state index in [1.54, 1.807) is 16.7 Å². The summed E-state index contributed by atoms with van der Waals surface area (Å²) in [5.74, 6) is 0.437. The van der Waals surface area contributed by atoms with Crippen molar-refractivity contribution in [2.45, 2.75) is 50.7 Å². The molecule has 1 amide bonds. The van der Waals surface area contributed by atoms with E-state index in [0.717, 1.165) is 22.4 Å². The van der Waals surface area contributed by atoms with E-state index in [1.165, 1.54) is 7.11 Å². The fourth-order valence-corrected chi connectivity index (χ4v) is 3.68. The number of anilines is 1. The summed E-state index contributed by atoms with van der Waals surface area (Å²) in [4.78, 5) is 26.4. The summed E-state index contributed by atoms with van der Waals surface area (Å²) in [6.07, 6.45) is 0.770. The summed E-state index contributed by atoms with van der Waals surface area (Å²) < 4.78 is 10.1. The van der Waals surface area contributed by atoms with E-state index >= 15 is 0 Å². The Morgan fingerprint density at radius 2 is 2.00 bits per heavy atom. The highest BCUT2D eigenvalue weighted by atomic mass is 32.2. The van der Waals surface area contributed by atoms with Crippen LogP contribution in [0.5, 0.6) is 0 Å². The lowest BCUT2D eigenvalue weighted by atomic mass is 9.98. The van der Waals surface area contributed by atoms with E-state index in [9.17, 15) is 9.59 Å². The quantitative estimate of drug-likeness (QED) is 0.500. The van der Waals surface area contributed by atoms with Crippen molar-refractivity contribution in [3.63, 3.8) is 0 Å². The first-order valence-corrected chi connectivity index (χ1v) is 9.27. The second kappa shape index (κ2) is 7.99. The molecule has 0 saturated carbocycles. The van der Waals surface area contributed by atoms with Gasteiger partial charge < -0.3 is 20.1 Å². The number of carbonyl (C=O) groups is 2. The Morgan fingerprint density at radius 1 is 1.28 bits per heavy atom. The SMILES string of the molecule is COC(=O)CCSc1ccc(N)c2c1CCN(C(=O)OC(C)(C)C)C2. The summed E-state index contributed by atoms with van der Waals surface area (Å²) in [5.41, 5.74) is 8.43. The summed E-state index contributed by atoms with van der Waals surface area (Å²) in [6.45, 7) is 6.60. The second-order valence-corrected chi connectivity index (χ2v) is 8.07. The van der Waals surface area contributed by atoms with Crippen LogP contribution in [0.1, 0.15) is 38.3 Å². The molecule has 0 unspecified atom stereocenters. The number of nitrogens with two attached hydrogens (primary N) is 1. The topological polar surface area (TPSA) is 81.9 Å². The van der Waals surface area contributed by atoms with Crippen LogP contribution in [0, 0.1) is 0 Å². The highest BCUT2D eigenvalue weighted by Crippen LogP contribution is 2.34. The lowest BCUT2D eigenvalue weighted by Gasteiger charge is -2.32. The molecule has 7 heteroatoms. The summed E-state index contributed by atoms with van der Waals surface area (Å²) in [7, 11) is 1.39. The number of thioether (sulfide) groups is 1. The zero-order chi connectivity index (χ0) is 18.6. The van der Waals surface area contributed by atoms with Crippen molar-refractivity contribution in [2.24, 2.45) is 0 Å². The Balaban J connectivity index is 2.10. The molecule has 0 aromatic heterocycles. The van der Waals surface area contributed by atoms with E-state index in [-0.39, 0.29) is 12.1 Å². The zero-order valence-electron chi connectivity index (χ0n) is 15.3. The lowest BCUT2D eigenvalue weighted by molar-refractivity contribution is -0.140. The van der Waals surface area contributed by atoms with Gasteiger partial charge in [0.2, 0.25) is 0 Å². The zero-order valence-corrected chi connectivity index (χ0v) is 16.1. The molecule has 0 spiro atoms. The second-order valence-electron chi connectivity index (χ2n) is 6.94. The van der Waals surface area contributed by atoms with Gasteiger partial charge in [-0.1, -0.05) is 0 Å². The average molecular weight is 366 g/mol. The number of esters is 1. The van der Waals surface area contributed by atoms with Crippen molar-refractivity contribution in [2.75, 3.05) is 25.1 Å². The van der Waals surface area contributed by atoms with Crippen molar-refractivity contribution in [3.05, 3.63) is 23.3 Å². The molecule has 0 atom stereocenters. The maximum absolute atomic E-state index is 12.3. The van der Waals surface area contributed by atoms with Gasteiger partial charge in [-0.15, -0.1) is 11.8 Å². The monoisotopic (exact) mass is 366 g/mol. The molecule has 1 aliphatic heterocycles. The van der Waals surface area contributed by atoms with Crippen LogP contribution in [-0.4, -0.2) is 42.0 Å². The highest BCUT2D eigenvalue weighted by Gasteiger charge is 2.28. The van der Waals surface area contributed by atoms with Gasteiger partial charge in [-0.05, 0) is 50.5 Å². The van der Waals surface area contributed by atoms with Gasteiger partial charge in [0.15, 0.2) is 0 Å². The molecule has 2 N–H and O–H groups in total. The summed E-state index contributed by atoms with van der Waals surface area (Å²) in [6, 6.07) is 3.84. The van der Waals surface area contributed by atoms with E-state index in [1.807, 2.05) is 32.9 Å². The molecule has 0 saturated heterocycles. The minimum atomic E-state index is -0.519. The first-order valence-electron chi connectivity index (χ1n) is 8.29. The van der Waals surface area contributed by atoms with Gasteiger partial charge in [-0.25, -0.2) is 4.79 Å². The van der Waals surface area contributed by atoms with Crippen molar-refractivity contribution in [3.8, 4) is 0 Å². The Morgan fingerprint density at radius 3 is 2.64 bits per heavy atom. The van der Waals surface area contributed by atoms with Crippen LogP contribution in [-0.2, 0) is 27.2 Å². The Hall–Kier alpha value is -1.89. The first-order chi connectivity index (χ1) is 11.7. The van der Waals surface area contributed by atoms with Crippen LogP contribution in [0.4, 0.5) is 10.5 Å². The third-order valence-corrected chi connectivity index (χ3v) is 4.95. The van der Waals surface area contributed by atoms with Gasteiger partial charge in [0, 0.05) is 22.9 Å². The van der Waals surface area contributed by atoms with Crippen molar-refractivity contribution >= 4 is 29.5 Å². The van der Waals surface area contributed by atoms with E-state index in [2.05, 4.69) is 4.74 Å². The number of nitrogens with zero attached hydrogens (tertiary/aromatic N) is 1. The molecule has 25 heavy (non-hydrogen) atoms. The van der Waals surface area contributed by atoms with Crippen molar-refractivity contribution in [1.29, 1.82) is 0 Å². The lowest BCUT2D eigenvalue weighted by Crippen LogP contribution is -2.40. The van der Waals surface area contributed by atoms with Gasteiger partial charge in [0.25, 0.3) is 0 Å². The van der Waals surface area contributed by atoms with Crippen LogP contribution in [0.15, 0.2) is 17.0 Å². The summed E-state index contributed by atoms with van der Waals surface area (Å²) >= 11 is 1.62. The van der Waals surface area contributed by atoms with Gasteiger partial charge >= 0.3 is 12.1 Å². The maximum atomic E-state index is 12.3. The molecule has 1 aliphatic rings. The molecule has 138 valence electrons. The number of methoxy groups -OCH3 is 1. The molecular weight excluding hydrogens is 340 g/mol. The molecule has 1 aromatic carbocycles. The summed E-state index contributed by atoms with van der Waals surface area (Å²) in [5, 5.41) is 0. The number of fused-ring (bicyclic) bond motifs is 1. The van der Waals surface area contributed by atoms with Crippen LogP contribution in [0.25, 0.3) is 0 Å². The third kappa shape index (κ3) is 5.29. The largest absolute Gasteiger partial charge is 0.469 e. The fraction of sp³-hybridized carbons (Fsp3) is 0.556. The predicted octanol–water partition coefficient (Wildman–Crippen LogP) is 3.22. The highest BCUT2D eigenvalue weighted by molar-refractivity contribution is 7.99. The van der Waals surface area contributed by atoms with Gasteiger partial charge in [-0.3, -0.25) is 4.79 Å². The number of carbonyl (C=O) groups excluding carboxylic acids is 2. The number of benzene rings is 1. The number of ether oxygens (including phenoxy) is 2. The standard InChI is InChI=1S/C18H26N2O4S/c1-18(2,3)24-17(22)20-9-7-12-13(11-20)14(19)5-6-15(12)25-10-8-16(21)23-4/h5-6H,7-11,19H2,1-4H3. The van der Waals surface area contributed by atoms with Gasteiger partial charge in [0.1, 0.15) is 5.60 Å². The number of rotatable bonds is 4. The Labute approximate surface area is 153 Å². The molecule has 0 radical (unpaired) electrons. The molecule has 0 fully saturated rings.